The van der Waals surface area contributed by atoms with Gasteiger partial charge in [0.15, 0.2) is 0 Å². The van der Waals surface area contributed by atoms with Gasteiger partial charge in [0.05, 0.1) is 5.54 Å². The number of hydrogen-bond donors (Lipinski definition) is 3. The van der Waals surface area contributed by atoms with E-state index in [9.17, 15) is 19.8 Å². The third kappa shape index (κ3) is 1.71. The molecule has 7 heteroatoms. The molecule has 84 valence electrons. The van der Waals surface area contributed by atoms with E-state index in [2.05, 4.69) is 5.10 Å². The Labute approximate surface area is 85.6 Å². The Bertz CT molecular complexity index is 353. The van der Waals surface area contributed by atoms with E-state index in [1.54, 1.807) is 20.8 Å². The van der Waals surface area contributed by atoms with E-state index in [-0.39, 0.29) is 0 Å². The molecule has 0 unspecified atom stereocenters. The highest BCUT2D eigenvalue weighted by atomic mass is 16.5. The largest absolute Gasteiger partial charge is 0.477 e. The van der Waals surface area contributed by atoms with Gasteiger partial charge >= 0.3 is 17.7 Å². The maximum absolute atomic E-state index is 11.4. The van der Waals surface area contributed by atoms with Gasteiger partial charge in [-0.2, -0.15) is 5.10 Å². The Balaban J connectivity index is 3.20. The number of amides is 1. The lowest BCUT2D eigenvalue weighted by Gasteiger charge is -2.28. The zero-order valence-corrected chi connectivity index (χ0v) is 8.55. The van der Waals surface area contributed by atoms with Crippen molar-refractivity contribution in [1.29, 1.82) is 0 Å². The first-order chi connectivity index (χ1) is 6.58. The molecule has 0 aliphatic carbocycles. The Kier molecular flexibility index (Phi) is 2.33. The summed E-state index contributed by atoms with van der Waals surface area (Å²) < 4.78 is 0. The van der Waals surface area contributed by atoms with E-state index in [4.69, 9.17) is 5.11 Å². The monoisotopic (exact) mass is 216 g/mol. The molecule has 0 saturated heterocycles. The molecule has 7 nitrogen and oxygen atoms in total. The highest BCUT2D eigenvalue weighted by molar-refractivity contribution is 6.44. The van der Waals surface area contributed by atoms with Crippen LogP contribution in [0.15, 0.2) is 5.10 Å². The van der Waals surface area contributed by atoms with Gasteiger partial charge in [-0.1, -0.05) is 0 Å². The molecule has 1 aliphatic heterocycles. The van der Waals surface area contributed by atoms with Crippen molar-refractivity contribution in [1.82, 2.24) is 5.01 Å². The van der Waals surface area contributed by atoms with Crippen LogP contribution in [-0.2, 0) is 9.59 Å². The van der Waals surface area contributed by atoms with E-state index in [0.29, 0.717) is 0 Å². The molecule has 0 saturated carbocycles. The second kappa shape index (κ2) is 3.01. The van der Waals surface area contributed by atoms with E-state index in [1.807, 2.05) is 0 Å². The lowest BCUT2D eigenvalue weighted by molar-refractivity contribution is -0.173. The molecule has 0 atom stereocenters. The van der Waals surface area contributed by atoms with Crippen molar-refractivity contribution in [3.05, 3.63) is 0 Å². The van der Waals surface area contributed by atoms with Crippen LogP contribution in [0, 0.1) is 0 Å². The van der Waals surface area contributed by atoms with Gasteiger partial charge in [-0.05, 0) is 20.8 Å². The number of carbonyl (C=O) groups excluding carboxylic acids is 1. The summed E-state index contributed by atoms with van der Waals surface area (Å²) in [4.78, 5) is 22.0. The van der Waals surface area contributed by atoms with Crippen LogP contribution in [0.3, 0.4) is 0 Å². The standard InChI is InChI=1S/C8H12N2O5/c1-7(2,3)10-6(13)8(14,15)4(9-10)5(11)12/h14-15H,1-3H3,(H,11,12). The highest BCUT2D eigenvalue weighted by Gasteiger charge is 2.54. The molecule has 1 aliphatic rings. The maximum Gasteiger partial charge on any atom is 0.358 e. The zero-order chi connectivity index (χ0) is 12.0. The van der Waals surface area contributed by atoms with Crippen LogP contribution in [-0.4, -0.2) is 49.2 Å². The van der Waals surface area contributed by atoms with Crippen LogP contribution < -0.4 is 0 Å². The highest BCUT2D eigenvalue weighted by Crippen LogP contribution is 2.25. The number of carboxylic acid groups (broad SMARTS) is 1. The van der Waals surface area contributed by atoms with Crippen molar-refractivity contribution in [2.75, 3.05) is 0 Å². The smallest absolute Gasteiger partial charge is 0.358 e. The summed E-state index contributed by atoms with van der Waals surface area (Å²) in [5, 5.41) is 31.3. The molecule has 0 aromatic carbocycles. The van der Waals surface area contributed by atoms with Gasteiger partial charge in [-0.3, -0.25) is 4.79 Å². The molecule has 3 N–H and O–H groups in total. The molecule has 0 aromatic rings. The van der Waals surface area contributed by atoms with Gasteiger partial charge in [-0.15, -0.1) is 0 Å². The van der Waals surface area contributed by atoms with Crippen molar-refractivity contribution in [2.45, 2.75) is 32.1 Å². The summed E-state index contributed by atoms with van der Waals surface area (Å²) in [5.74, 6) is -5.84. The minimum absolute atomic E-state index is 0.746. The Morgan fingerprint density at radius 2 is 1.87 bits per heavy atom. The fourth-order valence-electron chi connectivity index (χ4n) is 1.11. The lowest BCUT2D eigenvalue weighted by atomic mass is 10.1. The van der Waals surface area contributed by atoms with Gasteiger partial charge in [0.25, 0.3) is 0 Å². The predicted octanol–water partition coefficient (Wildman–Crippen LogP) is -1.25. The number of rotatable bonds is 1. The minimum atomic E-state index is -3.04. The lowest BCUT2D eigenvalue weighted by Crippen LogP contribution is -2.52. The number of aliphatic hydroxyl groups is 2. The Morgan fingerprint density at radius 3 is 2.07 bits per heavy atom. The molecule has 1 rings (SSSR count). The van der Waals surface area contributed by atoms with Gasteiger partial charge in [0, 0.05) is 0 Å². The summed E-state index contributed by atoms with van der Waals surface area (Å²) >= 11 is 0. The Hall–Kier alpha value is -1.47. The SMILES string of the molecule is CC(C)(C)N1N=C(C(=O)O)C(O)(O)C1=O. The van der Waals surface area contributed by atoms with Crippen LogP contribution in [0.5, 0.6) is 0 Å². The van der Waals surface area contributed by atoms with E-state index < -0.39 is 28.9 Å². The fraction of sp³-hybridized carbons (Fsp3) is 0.625. The van der Waals surface area contributed by atoms with Crippen molar-refractivity contribution in [2.24, 2.45) is 5.10 Å². The summed E-state index contributed by atoms with van der Waals surface area (Å²) in [7, 11) is 0. The fourth-order valence-corrected chi connectivity index (χ4v) is 1.11. The molecule has 0 radical (unpaired) electrons. The van der Waals surface area contributed by atoms with Gasteiger partial charge < -0.3 is 15.3 Å². The molecule has 0 bridgehead atoms. The first-order valence-electron chi connectivity index (χ1n) is 4.20. The second-order valence-electron chi connectivity index (χ2n) is 4.21. The molecular formula is C8H12N2O5. The van der Waals surface area contributed by atoms with Gasteiger partial charge in [-0.25, -0.2) is 9.80 Å². The summed E-state index contributed by atoms with van der Waals surface area (Å²) in [6, 6.07) is 0. The first kappa shape index (κ1) is 11.6. The summed E-state index contributed by atoms with van der Waals surface area (Å²) in [5.41, 5.74) is -1.80. The number of hydrogen-bond acceptors (Lipinski definition) is 5. The van der Waals surface area contributed by atoms with Crippen molar-refractivity contribution in [3.8, 4) is 0 Å². The minimum Gasteiger partial charge on any atom is -0.477 e. The van der Waals surface area contributed by atoms with Crippen LogP contribution in [0.4, 0.5) is 0 Å². The third-order valence-corrected chi connectivity index (χ3v) is 1.86. The normalized spacial score (nSPS) is 20.5. The van der Waals surface area contributed by atoms with Crippen LogP contribution in [0.1, 0.15) is 20.8 Å². The summed E-state index contributed by atoms with van der Waals surface area (Å²) in [6.07, 6.45) is 0. The summed E-state index contributed by atoms with van der Waals surface area (Å²) in [6.45, 7) is 4.78. The van der Waals surface area contributed by atoms with Gasteiger partial charge in [0.2, 0.25) is 5.71 Å². The van der Waals surface area contributed by atoms with Crippen molar-refractivity contribution < 1.29 is 24.9 Å². The van der Waals surface area contributed by atoms with E-state index in [0.717, 1.165) is 5.01 Å². The van der Waals surface area contributed by atoms with Crippen molar-refractivity contribution in [3.63, 3.8) is 0 Å². The number of carbonyl (C=O) groups is 2. The number of nitrogens with zero attached hydrogens (tertiary/aromatic N) is 2. The molecule has 0 spiro atoms. The second-order valence-corrected chi connectivity index (χ2v) is 4.21. The molecule has 0 aromatic heterocycles. The molecular weight excluding hydrogens is 204 g/mol. The van der Waals surface area contributed by atoms with Gasteiger partial charge in [0.1, 0.15) is 0 Å². The molecule has 1 heterocycles. The average molecular weight is 216 g/mol. The van der Waals surface area contributed by atoms with Crippen LogP contribution in [0.2, 0.25) is 0 Å². The average Bonchev–Trinajstić information content (AvgIpc) is 2.22. The van der Waals surface area contributed by atoms with Crippen LogP contribution in [0.25, 0.3) is 0 Å². The molecule has 0 fully saturated rings. The maximum atomic E-state index is 11.4. The number of hydrazone groups is 1. The van der Waals surface area contributed by atoms with E-state index >= 15 is 0 Å². The van der Waals surface area contributed by atoms with E-state index in [1.165, 1.54) is 0 Å². The predicted molar refractivity (Wildman–Crippen MR) is 48.8 cm³/mol. The Morgan fingerprint density at radius 1 is 1.40 bits per heavy atom. The first-order valence-corrected chi connectivity index (χ1v) is 4.20. The van der Waals surface area contributed by atoms with Crippen molar-refractivity contribution >= 4 is 17.6 Å². The third-order valence-electron chi connectivity index (χ3n) is 1.86. The van der Waals surface area contributed by atoms with Crippen LogP contribution >= 0.6 is 0 Å². The zero-order valence-electron chi connectivity index (χ0n) is 8.55. The number of carboxylic acids is 1. The number of aliphatic carboxylic acids is 1. The quantitative estimate of drug-likeness (QED) is 0.474. The topological polar surface area (TPSA) is 110 Å². The molecule has 15 heavy (non-hydrogen) atoms. The molecule has 1 amide bonds.